The lowest BCUT2D eigenvalue weighted by atomic mass is 9.93. The second kappa shape index (κ2) is 9.74. The van der Waals surface area contributed by atoms with E-state index in [2.05, 4.69) is 0 Å². The van der Waals surface area contributed by atoms with Crippen LogP contribution in [0, 0.1) is 0 Å². The molecule has 2 aliphatic rings. The molecule has 2 aromatic rings. The Morgan fingerprint density at radius 3 is 2.09 bits per heavy atom. The van der Waals surface area contributed by atoms with E-state index in [9.17, 15) is 40.5 Å². The first-order valence-corrected chi connectivity index (χ1v) is 10.7. The monoisotopic (exact) mass is 478 g/mol. The largest absolute Gasteiger partial charge is 0.504 e. The molecule has 2 aliphatic heterocycles. The van der Waals surface area contributed by atoms with Crippen LogP contribution in [0.2, 0.25) is 0 Å². The molecule has 7 N–H and O–H groups in total. The average molecular weight is 478 g/mol. The molecule has 0 radical (unpaired) electrons. The van der Waals surface area contributed by atoms with Crippen LogP contribution >= 0.6 is 0 Å². The molecule has 0 aliphatic carbocycles. The molecule has 34 heavy (non-hydrogen) atoms. The van der Waals surface area contributed by atoms with Crippen molar-refractivity contribution in [1.82, 2.24) is 0 Å². The van der Waals surface area contributed by atoms with Gasteiger partial charge >= 0.3 is 0 Å². The van der Waals surface area contributed by atoms with Crippen LogP contribution < -0.4 is 0 Å². The molecule has 11 heteroatoms. The number of phenolic OH excluding ortho intramolecular Hbond substituents is 4. The number of Topliss-reactive ketones (excluding diaryl/α,β-unsaturated/α-hetero) is 1. The predicted molar refractivity (Wildman–Crippen MR) is 113 cm³/mol. The van der Waals surface area contributed by atoms with Gasteiger partial charge in [-0.05, 0) is 42.3 Å². The third-order valence-corrected chi connectivity index (χ3v) is 6.06. The van der Waals surface area contributed by atoms with Gasteiger partial charge in [-0.2, -0.15) is 0 Å². The number of aliphatic hydroxyl groups excluding tert-OH is 3. The van der Waals surface area contributed by atoms with Crippen molar-refractivity contribution in [1.29, 1.82) is 0 Å². The summed E-state index contributed by atoms with van der Waals surface area (Å²) in [4.78, 5) is 12.7. The number of hydrogen-bond donors (Lipinski definition) is 7. The zero-order valence-corrected chi connectivity index (χ0v) is 17.9. The SMILES string of the molecule is O=C(CCC1O[C@@H]2O[C@H](CO)C(O)C(O)C2OC1c1ccc(O)c(O)c1)c1ccc(O)c(O)c1. The van der Waals surface area contributed by atoms with E-state index in [1.807, 2.05) is 0 Å². The second-order valence-corrected chi connectivity index (χ2v) is 8.32. The third-order valence-electron chi connectivity index (χ3n) is 6.06. The maximum atomic E-state index is 12.7. The van der Waals surface area contributed by atoms with Crippen LogP contribution in [0.5, 0.6) is 23.0 Å². The number of benzene rings is 2. The molecule has 2 aromatic carbocycles. The Balaban J connectivity index is 1.57. The fourth-order valence-corrected chi connectivity index (χ4v) is 4.16. The average Bonchev–Trinajstić information content (AvgIpc) is 2.82. The van der Waals surface area contributed by atoms with Gasteiger partial charge in [0.2, 0.25) is 0 Å². The lowest BCUT2D eigenvalue weighted by Gasteiger charge is -2.48. The number of hydrogen-bond acceptors (Lipinski definition) is 11. The Morgan fingerprint density at radius 2 is 1.44 bits per heavy atom. The molecule has 2 heterocycles. The van der Waals surface area contributed by atoms with Crippen LogP contribution in [0.15, 0.2) is 36.4 Å². The van der Waals surface area contributed by atoms with Gasteiger partial charge in [-0.1, -0.05) is 6.07 Å². The highest BCUT2D eigenvalue weighted by Crippen LogP contribution is 2.41. The van der Waals surface area contributed by atoms with Gasteiger partial charge in [-0.25, -0.2) is 0 Å². The Kier molecular flexibility index (Phi) is 6.94. The van der Waals surface area contributed by atoms with Crippen molar-refractivity contribution in [3.63, 3.8) is 0 Å². The number of phenols is 4. The van der Waals surface area contributed by atoms with Crippen molar-refractivity contribution < 1.29 is 54.8 Å². The molecule has 0 aromatic heterocycles. The number of fused-ring (bicyclic) bond motifs is 1. The number of aliphatic hydroxyl groups is 3. The van der Waals surface area contributed by atoms with E-state index >= 15 is 0 Å². The van der Waals surface area contributed by atoms with Gasteiger partial charge in [-0.15, -0.1) is 0 Å². The van der Waals surface area contributed by atoms with Crippen LogP contribution in [-0.4, -0.2) is 84.9 Å². The smallest absolute Gasteiger partial charge is 0.187 e. The summed E-state index contributed by atoms with van der Waals surface area (Å²) in [6, 6.07) is 7.72. The van der Waals surface area contributed by atoms with E-state index in [0.717, 1.165) is 6.07 Å². The zero-order valence-electron chi connectivity index (χ0n) is 17.9. The van der Waals surface area contributed by atoms with Crippen LogP contribution in [0.25, 0.3) is 0 Å². The van der Waals surface area contributed by atoms with Gasteiger partial charge in [0, 0.05) is 12.0 Å². The van der Waals surface area contributed by atoms with Gasteiger partial charge in [0.25, 0.3) is 0 Å². The fourth-order valence-electron chi connectivity index (χ4n) is 4.16. The minimum Gasteiger partial charge on any atom is -0.504 e. The highest BCUT2D eigenvalue weighted by molar-refractivity contribution is 5.96. The van der Waals surface area contributed by atoms with Crippen molar-refractivity contribution >= 4 is 5.78 Å². The molecule has 7 atom stereocenters. The van der Waals surface area contributed by atoms with Crippen molar-refractivity contribution in [3.05, 3.63) is 47.5 Å². The molecular weight excluding hydrogens is 452 g/mol. The lowest BCUT2D eigenvalue weighted by molar-refractivity contribution is -0.369. The first-order chi connectivity index (χ1) is 16.2. The molecule has 2 fully saturated rings. The van der Waals surface area contributed by atoms with Crippen LogP contribution in [0.4, 0.5) is 0 Å². The van der Waals surface area contributed by atoms with Crippen molar-refractivity contribution in [2.75, 3.05) is 6.61 Å². The molecule has 0 amide bonds. The molecule has 4 rings (SSSR count). The molecule has 0 saturated carbocycles. The van der Waals surface area contributed by atoms with E-state index in [1.165, 1.54) is 30.3 Å². The number of ketones is 1. The van der Waals surface area contributed by atoms with Gasteiger partial charge in [0.1, 0.15) is 30.5 Å². The van der Waals surface area contributed by atoms with E-state index < -0.39 is 61.0 Å². The van der Waals surface area contributed by atoms with E-state index in [0.29, 0.717) is 5.56 Å². The maximum Gasteiger partial charge on any atom is 0.187 e. The number of carbonyl (C=O) groups is 1. The normalized spacial score (nSPS) is 31.1. The maximum absolute atomic E-state index is 12.7. The van der Waals surface area contributed by atoms with E-state index in [-0.39, 0.29) is 35.7 Å². The summed E-state index contributed by atoms with van der Waals surface area (Å²) in [6.45, 7) is -0.562. The van der Waals surface area contributed by atoms with Crippen LogP contribution in [-0.2, 0) is 14.2 Å². The summed E-state index contributed by atoms with van der Waals surface area (Å²) in [6.07, 6.45) is -7.92. The van der Waals surface area contributed by atoms with Gasteiger partial charge in [0.05, 0.1) is 12.7 Å². The van der Waals surface area contributed by atoms with Gasteiger partial charge < -0.3 is 50.0 Å². The summed E-state index contributed by atoms with van der Waals surface area (Å²) >= 11 is 0. The molecule has 11 nitrogen and oxygen atoms in total. The summed E-state index contributed by atoms with van der Waals surface area (Å²) in [5.41, 5.74) is 0.566. The molecule has 5 unspecified atom stereocenters. The summed E-state index contributed by atoms with van der Waals surface area (Å²) in [7, 11) is 0. The molecular formula is C23H26O11. The topological polar surface area (TPSA) is 186 Å². The quantitative estimate of drug-likeness (QED) is 0.225. The molecule has 0 spiro atoms. The van der Waals surface area contributed by atoms with Crippen LogP contribution in [0.3, 0.4) is 0 Å². The van der Waals surface area contributed by atoms with Crippen LogP contribution in [0.1, 0.15) is 34.9 Å². The summed E-state index contributed by atoms with van der Waals surface area (Å²) in [5.74, 6) is -1.88. The number of carbonyl (C=O) groups excluding carboxylic acids is 1. The fraction of sp³-hybridized carbons (Fsp3) is 0.435. The van der Waals surface area contributed by atoms with Crippen molar-refractivity contribution in [2.24, 2.45) is 0 Å². The first-order valence-electron chi connectivity index (χ1n) is 10.7. The molecule has 184 valence electrons. The Labute approximate surface area is 194 Å². The second-order valence-electron chi connectivity index (χ2n) is 8.32. The standard InChI is InChI=1S/C23H26O11/c24-9-18-19(30)20(31)22-23(33-18)32-17(21(34-22)11-2-4-14(27)16(29)8-11)6-5-12(25)10-1-3-13(26)15(28)7-10/h1-4,7-8,17-24,26-31H,5-6,9H2/t17?,18-,19?,20?,21?,22?,23-/m1/s1. The van der Waals surface area contributed by atoms with Crippen molar-refractivity contribution in [2.45, 2.75) is 55.8 Å². The Morgan fingerprint density at radius 1 is 0.794 bits per heavy atom. The number of rotatable bonds is 6. The predicted octanol–water partition coefficient (Wildman–Crippen LogP) is 0.436. The third kappa shape index (κ3) is 4.67. The van der Waals surface area contributed by atoms with E-state index in [4.69, 9.17) is 14.2 Å². The molecule has 2 saturated heterocycles. The lowest BCUT2D eigenvalue weighted by Crippen LogP contribution is -2.63. The highest BCUT2D eigenvalue weighted by atomic mass is 16.7. The minimum absolute atomic E-state index is 0.0508. The van der Waals surface area contributed by atoms with Crippen molar-refractivity contribution in [3.8, 4) is 23.0 Å². The number of aromatic hydroxyl groups is 4. The summed E-state index contributed by atoms with van der Waals surface area (Å²) < 4.78 is 17.6. The van der Waals surface area contributed by atoms with Gasteiger partial charge in [-0.3, -0.25) is 4.79 Å². The first kappa shape index (κ1) is 24.2. The number of ether oxygens (including phenoxy) is 3. The highest BCUT2D eigenvalue weighted by Gasteiger charge is 2.51. The minimum atomic E-state index is -1.44. The Hall–Kier alpha value is -2.93. The molecule has 0 bridgehead atoms. The summed E-state index contributed by atoms with van der Waals surface area (Å²) in [5, 5.41) is 68.8. The van der Waals surface area contributed by atoms with Gasteiger partial charge in [0.15, 0.2) is 35.1 Å². The van der Waals surface area contributed by atoms with E-state index in [1.54, 1.807) is 0 Å². The Bertz CT molecular complexity index is 1040. The zero-order chi connectivity index (χ0) is 24.6.